The summed E-state index contributed by atoms with van der Waals surface area (Å²) in [7, 11) is 0. The van der Waals surface area contributed by atoms with Gasteiger partial charge in [0, 0.05) is 18.6 Å². The van der Waals surface area contributed by atoms with Gasteiger partial charge in [-0.2, -0.15) is 23.3 Å². The van der Waals surface area contributed by atoms with Crippen molar-refractivity contribution in [2.75, 3.05) is 5.32 Å². The molecule has 1 aromatic carbocycles. The van der Waals surface area contributed by atoms with Gasteiger partial charge < -0.3 is 9.73 Å². The van der Waals surface area contributed by atoms with Crippen LogP contribution in [0.25, 0.3) is 16.9 Å². The number of oxazole rings is 1. The molecular formula is C19H13ClF3N5O2. The fourth-order valence-corrected chi connectivity index (χ4v) is 3.12. The van der Waals surface area contributed by atoms with Gasteiger partial charge in [-0.25, -0.2) is 9.67 Å². The van der Waals surface area contributed by atoms with Crippen LogP contribution < -0.4 is 5.32 Å². The number of nitrogens with one attached hydrogen (secondary N) is 1. The summed E-state index contributed by atoms with van der Waals surface area (Å²) in [5, 5.41) is 5.75. The van der Waals surface area contributed by atoms with Crippen LogP contribution in [0.3, 0.4) is 0 Å². The second kappa shape index (κ2) is 7.13. The molecular weight excluding hydrogens is 423 g/mol. The number of aryl methyl sites for hydroxylation is 1. The van der Waals surface area contributed by atoms with Gasteiger partial charge in [-0.1, -0.05) is 17.7 Å². The van der Waals surface area contributed by atoms with E-state index in [2.05, 4.69) is 20.4 Å². The third kappa shape index (κ3) is 3.61. The number of benzene rings is 1. The molecule has 0 atom stereocenters. The molecule has 3 heterocycles. The summed E-state index contributed by atoms with van der Waals surface area (Å²) in [4.78, 5) is 20.8. The quantitative estimate of drug-likeness (QED) is 0.492. The maximum atomic E-state index is 13.1. The molecule has 0 radical (unpaired) electrons. The Morgan fingerprint density at radius 2 is 2.00 bits per heavy atom. The van der Waals surface area contributed by atoms with Crippen LogP contribution in [0.15, 0.2) is 40.9 Å². The molecule has 0 bridgehead atoms. The number of anilines is 1. The van der Waals surface area contributed by atoms with Crippen molar-refractivity contribution in [2.45, 2.75) is 20.0 Å². The maximum absolute atomic E-state index is 13.1. The fraction of sp³-hybridized carbons (Fsp3) is 0.158. The van der Waals surface area contributed by atoms with Crippen molar-refractivity contribution in [2.24, 2.45) is 0 Å². The number of rotatable bonds is 3. The number of amides is 1. The number of carbonyl (C=O) groups excluding carboxylic acids is 1. The van der Waals surface area contributed by atoms with Crippen LogP contribution in [-0.4, -0.2) is 25.7 Å². The second-order valence-corrected chi connectivity index (χ2v) is 6.82. The first kappa shape index (κ1) is 19.9. The van der Waals surface area contributed by atoms with E-state index < -0.39 is 22.8 Å². The zero-order valence-electron chi connectivity index (χ0n) is 15.6. The summed E-state index contributed by atoms with van der Waals surface area (Å²) < 4.78 is 45.7. The van der Waals surface area contributed by atoms with Gasteiger partial charge in [0.15, 0.2) is 22.8 Å². The number of fused-ring (bicyclic) bond motifs is 1. The number of aromatic nitrogens is 4. The number of nitrogens with zero attached hydrogens (tertiary/aromatic N) is 4. The first-order valence-electron chi connectivity index (χ1n) is 8.61. The predicted molar refractivity (Wildman–Crippen MR) is 103 cm³/mol. The highest BCUT2D eigenvalue weighted by atomic mass is 35.5. The van der Waals surface area contributed by atoms with Crippen LogP contribution in [0.4, 0.5) is 18.9 Å². The Bertz CT molecular complexity index is 1280. The van der Waals surface area contributed by atoms with Crippen LogP contribution in [-0.2, 0) is 6.18 Å². The fourth-order valence-electron chi connectivity index (χ4n) is 2.89. The molecule has 0 aliphatic carbocycles. The molecule has 4 aromatic rings. The van der Waals surface area contributed by atoms with Crippen LogP contribution >= 0.6 is 11.6 Å². The van der Waals surface area contributed by atoms with Crippen molar-refractivity contribution >= 4 is 34.4 Å². The van der Waals surface area contributed by atoms with Crippen molar-refractivity contribution in [3.8, 4) is 5.69 Å². The molecule has 0 unspecified atom stereocenters. The molecule has 1 N–H and O–H groups in total. The topological polar surface area (TPSA) is 85.8 Å². The lowest BCUT2D eigenvalue weighted by Gasteiger charge is -2.08. The van der Waals surface area contributed by atoms with Gasteiger partial charge in [-0.3, -0.25) is 4.79 Å². The number of hydrogen-bond acceptors (Lipinski definition) is 5. The molecule has 0 spiro atoms. The number of alkyl halides is 3. The van der Waals surface area contributed by atoms with Crippen molar-refractivity contribution < 1.29 is 22.4 Å². The maximum Gasteiger partial charge on any atom is 0.436 e. The van der Waals surface area contributed by atoms with Gasteiger partial charge in [0.25, 0.3) is 5.91 Å². The molecule has 0 saturated carbocycles. The van der Waals surface area contributed by atoms with Gasteiger partial charge in [0.2, 0.25) is 0 Å². The van der Waals surface area contributed by atoms with E-state index in [1.165, 1.54) is 37.4 Å². The summed E-state index contributed by atoms with van der Waals surface area (Å²) in [5.74, 6) is -0.0404. The Hall–Kier alpha value is -3.40. The molecule has 30 heavy (non-hydrogen) atoms. The van der Waals surface area contributed by atoms with Crippen molar-refractivity contribution in [3.05, 3.63) is 64.4 Å². The number of carbonyl (C=O) groups is 1. The first-order chi connectivity index (χ1) is 14.1. The third-order valence-electron chi connectivity index (χ3n) is 4.28. The zero-order chi connectivity index (χ0) is 21.6. The van der Waals surface area contributed by atoms with Crippen molar-refractivity contribution in [1.29, 1.82) is 0 Å². The predicted octanol–water partition coefficient (Wildman–Crippen LogP) is 4.95. The summed E-state index contributed by atoms with van der Waals surface area (Å²) in [6, 6.07) is 7.58. The Balaban J connectivity index is 1.63. The zero-order valence-corrected chi connectivity index (χ0v) is 16.3. The summed E-state index contributed by atoms with van der Waals surface area (Å²) in [6.07, 6.45) is -3.26. The Morgan fingerprint density at radius 1 is 1.23 bits per heavy atom. The average Bonchev–Trinajstić information content (AvgIpc) is 3.20. The van der Waals surface area contributed by atoms with E-state index in [0.29, 0.717) is 22.8 Å². The minimum atomic E-state index is -4.69. The molecule has 0 aliphatic rings. The molecule has 154 valence electrons. The van der Waals surface area contributed by atoms with E-state index in [1.807, 2.05) is 0 Å². The second-order valence-electron chi connectivity index (χ2n) is 6.44. The Labute approximate surface area is 172 Å². The molecule has 3 aromatic heterocycles. The van der Waals surface area contributed by atoms with E-state index in [0.717, 1.165) is 4.68 Å². The van der Waals surface area contributed by atoms with Gasteiger partial charge >= 0.3 is 6.18 Å². The lowest BCUT2D eigenvalue weighted by molar-refractivity contribution is -0.141. The molecule has 7 nitrogen and oxygen atoms in total. The molecule has 0 aliphatic heterocycles. The van der Waals surface area contributed by atoms with Crippen LogP contribution in [0.5, 0.6) is 0 Å². The Kier molecular flexibility index (Phi) is 4.73. The van der Waals surface area contributed by atoms with Crippen molar-refractivity contribution in [3.63, 3.8) is 0 Å². The van der Waals surface area contributed by atoms with Gasteiger partial charge in [-0.15, -0.1) is 0 Å². The van der Waals surface area contributed by atoms with Gasteiger partial charge in [-0.05, 0) is 25.1 Å². The molecule has 11 heteroatoms. The molecule has 4 rings (SSSR count). The first-order valence-corrected chi connectivity index (χ1v) is 8.98. The van der Waals surface area contributed by atoms with Crippen LogP contribution in [0.2, 0.25) is 5.02 Å². The summed E-state index contributed by atoms with van der Waals surface area (Å²) >= 11 is 5.80. The van der Waals surface area contributed by atoms with E-state index in [-0.39, 0.29) is 16.9 Å². The van der Waals surface area contributed by atoms with Crippen molar-refractivity contribution in [1.82, 2.24) is 19.7 Å². The molecule has 0 saturated heterocycles. The van der Waals surface area contributed by atoms with E-state index >= 15 is 0 Å². The minimum Gasteiger partial charge on any atom is -0.439 e. The lowest BCUT2D eigenvalue weighted by atomic mass is 10.2. The highest BCUT2D eigenvalue weighted by Gasteiger charge is 2.38. The van der Waals surface area contributed by atoms with Gasteiger partial charge in [0.1, 0.15) is 0 Å². The standard InChI is InChI=1S/C19H13ClF3N5O2/c1-9-15(20)16(19(21,22)23)27-28(9)13-5-3-4-11(6-13)18(29)26-12-7-14-17(24-8-12)25-10(2)30-14/h3-8H,1-2H3,(H,26,29). The minimum absolute atomic E-state index is 0.108. The average molecular weight is 436 g/mol. The van der Waals surface area contributed by atoms with Crippen LogP contribution in [0.1, 0.15) is 27.6 Å². The highest BCUT2D eigenvalue weighted by molar-refractivity contribution is 6.32. The normalized spacial score (nSPS) is 11.8. The van der Waals surface area contributed by atoms with Gasteiger partial charge in [0.05, 0.1) is 28.3 Å². The van der Waals surface area contributed by atoms with E-state index in [1.54, 1.807) is 13.0 Å². The number of halogens is 4. The highest BCUT2D eigenvalue weighted by Crippen LogP contribution is 2.36. The monoisotopic (exact) mass is 435 g/mol. The molecule has 0 fully saturated rings. The third-order valence-corrected chi connectivity index (χ3v) is 4.73. The van der Waals surface area contributed by atoms with Crippen LogP contribution in [0, 0.1) is 13.8 Å². The lowest BCUT2D eigenvalue weighted by Crippen LogP contribution is -2.13. The smallest absolute Gasteiger partial charge is 0.436 e. The summed E-state index contributed by atoms with van der Waals surface area (Å²) in [5.41, 5.74) is 0.610. The Morgan fingerprint density at radius 3 is 2.70 bits per heavy atom. The summed E-state index contributed by atoms with van der Waals surface area (Å²) in [6.45, 7) is 3.09. The number of pyridine rings is 1. The molecule has 1 amide bonds. The largest absolute Gasteiger partial charge is 0.439 e. The SMILES string of the molecule is Cc1nc2ncc(NC(=O)c3cccc(-n4nc(C(F)(F)F)c(Cl)c4C)c3)cc2o1. The van der Waals surface area contributed by atoms with E-state index in [4.69, 9.17) is 16.0 Å². The number of hydrogen-bond donors (Lipinski definition) is 1. The van der Waals surface area contributed by atoms with E-state index in [9.17, 15) is 18.0 Å².